The lowest BCUT2D eigenvalue weighted by Crippen LogP contribution is -2.50. The molecule has 1 saturated heterocycles. The first-order valence-corrected chi connectivity index (χ1v) is 9.03. The van der Waals surface area contributed by atoms with E-state index in [4.69, 9.17) is 16.3 Å². The first kappa shape index (κ1) is 17.8. The highest BCUT2D eigenvalue weighted by Crippen LogP contribution is 2.30. The van der Waals surface area contributed by atoms with E-state index < -0.39 is 0 Å². The van der Waals surface area contributed by atoms with Crippen LogP contribution in [0.5, 0.6) is 0 Å². The summed E-state index contributed by atoms with van der Waals surface area (Å²) >= 11 is 6.06. The van der Waals surface area contributed by atoms with Crippen molar-refractivity contribution in [3.63, 3.8) is 0 Å². The monoisotopic (exact) mass is 358 g/mol. The fourth-order valence-corrected chi connectivity index (χ4v) is 3.40. The summed E-state index contributed by atoms with van der Waals surface area (Å²) in [6.07, 6.45) is -0.218. The van der Waals surface area contributed by atoms with Gasteiger partial charge in [-0.25, -0.2) is 4.79 Å². The van der Waals surface area contributed by atoms with Crippen molar-refractivity contribution in [1.82, 2.24) is 9.80 Å². The van der Waals surface area contributed by atoms with Crippen molar-refractivity contribution in [1.29, 1.82) is 0 Å². The Morgan fingerprint density at radius 1 is 1.00 bits per heavy atom. The van der Waals surface area contributed by atoms with Gasteiger partial charge in [-0.15, -0.1) is 0 Å². The van der Waals surface area contributed by atoms with Gasteiger partial charge in [0.2, 0.25) is 0 Å². The van der Waals surface area contributed by atoms with Gasteiger partial charge in [0.25, 0.3) is 0 Å². The number of carbonyl (C=O) groups excluding carboxylic acids is 1. The van der Waals surface area contributed by atoms with Gasteiger partial charge < -0.3 is 9.64 Å². The number of amides is 1. The van der Waals surface area contributed by atoms with E-state index in [1.807, 2.05) is 25.1 Å². The van der Waals surface area contributed by atoms with Crippen molar-refractivity contribution in [2.75, 3.05) is 32.8 Å². The van der Waals surface area contributed by atoms with Crippen molar-refractivity contribution in [2.45, 2.75) is 13.0 Å². The van der Waals surface area contributed by atoms with Crippen molar-refractivity contribution in [3.05, 3.63) is 70.7 Å². The summed E-state index contributed by atoms with van der Waals surface area (Å²) in [5.41, 5.74) is 2.45. The molecule has 0 unspecified atom stereocenters. The predicted molar refractivity (Wildman–Crippen MR) is 99.9 cm³/mol. The van der Waals surface area contributed by atoms with Gasteiger partial charge in [-0.1, -0.05) is 54.1 Å². The first-order chi connectivity index (χ1) is 12.2. The maximum atomic E-state index is 11.9. The molecular formula is C20H23ClN2O2. The van der Waals surface area contributed by atoms with Crippen LogP contribution in [0, 0.1) is 0 Å². The Morgan fingerprint density at radius 2 is 1.60 bits per heavy atom. The van der Waals surface area contributed by atoms with Gasteiger partial charge >= 0.3 is 6.09 Å². The summed E-state index contributed by atoms with van der Waals surface area (Å²) in [7, 11) is 0. The highest BCUT2D eigenvalue weighted by atomic mass is 35.5. The molecule has 1 aliphatic heterocycles. The second-order valence-electron chi connectivity index (χ2n) is 6.09. The molecule has 0 aromatic heterocycles. The molecule has 5 heteroatoms. The second kappa shape index (κ2) is 8.37. The van der Waals surface area contributed by atoms with Crippen LogP contribution >= 0.6 is 11.6 Å². The van der Waals surface area contributed by atoms with Gasteiger partial charge in [-0.3, -0.25) is 4.90 Å². The Balaban J connectivity index is 1.79. The number of halogens is 1. The van der Waals surface area contributed by atoms with Crippen LogP contribution in [0.3, 0.4) is 0 Å². The van der Waals surface area contributed by atoms with E-state index in [0.29, 0.717) is 19.7 Å². The van der Waals surface area contributed by atoms with Crippen molar-refractivity contribution < 1.29 is 9.53 Å². The minimum atomic E-state index is -0.218. The molecule has 0 saturated carbocycles. The van der Waals surface area contributed by atoms with Crippen LogP contribution in [0.2, 0.25) is 5.02 Å². The number of ether oxygens (including phenoxy) is 1. The van der Waals surface area contributed by atoms with E-state index in [-0.39, 0.29) is 12.1 Å². The molecular weight excluding hydrogens is 336 g/mol. The summed E-state index contributed by atoms with van der Waals surface area (Å²) in [6, 6.07) is 18.6. The Labute approximate surface area is 154 Å². The molecule has 132 valence electrons. The average molecular weight is 359 g/mol. The molecule has 0 N–H and O–H groups in total. The number of carbonyl (C=O) groups is 1. The number of nitrogens with zero attached hydrogens (tertiary/aromatic N) is 2. The van der Waals surface area contributed by atoms with Crippen molar-refractivity contribution in [2.24, 2.45) is 0 Å². The third-order valence-corrected chi connectivity index (χ3v) is 4.76. The van der Waals surface area contributed by atoms with Gasteiger partial charge in [0.15, 0.2) is 0 Å². The van der Waals surface area contributed by atoms with Crippen LogP contribution in [0.25, 0.3) is 0 Å². The Bertz CT molecular complexity index is 683. The minimum absolute atomic E-state index is 0.155. The quantitative estimate of drug-likeness (QED) is 0.821. The Hall–Kier alpha value is -2.04. The van der Waals surface area contributed by atoms with Gasteiger partial charge in [0, 0.05) is 31.2 Å². The van der Waals surface area contributed by atoms with Gasteiger partial charge in [-0.2, -0.15) is 0 Å². The zero-order valence-electron chi connectivity index (χ0n) is 14.4. The number of hydrogen-bond acceptors (Lipinski definition) is 3. The highest BCUT2D eigenvalue weighted by molar-refractivity contribution is 6.30. The fourth-order valence-electron chi connectivity index (χ4n) is 3.27. The normalized spacial score (nSPS) is 16.5. The third-order valence-electron chi connectivity index (χ3n) is 4.51. The Kier molecular flexibility index (Phi) is 5.95. The number of hydrogen-bond donors (Lipinski definition) is 0. The van der Waals surface area contributed by atoms with Crippen molar-refractivity contribution in [3.8, 4) is 0 Å². The van der Waals surface area contributed by atoms with E-state index in [1.54, 1.807) is 4.90 Å². The summed E-state index contributed by atoms with van der Waals surface area (Å²) in [6.45, 7) is 5.21. The lowest BCUT2D eigenvalue weighted by Gasteiger charge is -2.39. The molecule has 0 radical (unpaired) electrons. The standard InChI is InChI=1S/C20H23ClN2O2/c1-2-25-20(24)23-14-12-22(13-15-23)19(16-6-4-3-5-7-16)17-8-10-18(21)11-9-17/h3-11,19H,2,12-15H2,1H3/t19-/m1/s1. The topological polar surface area (TPSA) is 32.8 Å². The van der Waals surface area contributed by atoms with Gasteiger partial charge in [0.1, 0.15) is 0 Å². The van der Waals surface area contributed by atoms with Crippen LogP contribution in [0.15, 0.2) is 54.6 Å². The van der Waals surface area contributed by atoms with E-state index >= 15 is 0 Å². The molecule has 2 aromatic rings. The molecule has 1 atom stereocenters. The zero-order valence-corrected chi connectivity index (χ0v) is 15.2. The average Bonchev–Trinajstić information content (AvgIpc) is 2.65. The largest absolute Gasteiger partial charge is 0.450 e. The van der Waals surface area contributed by atoms with Crippen molar-refractivity contribution >= 4 is 17.7 Å². The lowest BCUT2D eigenvalue weighted by atomic mass is 9.96. The molecule has 25 heavy (non-hydrogen) atoms. The molecule has 3 rings (SSSR count). The molecule has 1 heterocycles. The Morgan fingerprint density at radius 3 is 2.20 bits per heavy atom. The zero-order chi connectivity index (χ0) is 17.6. The lowest BCUT2D eigenvalue weighted by molar-refractivity contribution is 0.0715. The van der Waals surface area contributed by atoms with Crippen LogP contribution in [0.1, 0.15) is 24.1 Å². The number of rotatable bonds is 4. The second-order valence-corrected chi connectivity index (χ2v) is 6.52. The summed E-state index contributed by atoms with van der Waals surface area (Å²) < 4.78 is 5.11. The molecule has 1 amide bonds. The molecule has 1 aliphatic rings. The van der Waals surface area contributed by atoms with E-state index in [9.17, 15) is 4.79 Å². The third kappa shape index (κ3) is 4.33. The number of piperazine rings is 1. The van der Waals surface area contributed by atoms with Crippen LogP contribution in [-0.2, 0) is 4.74 Å². The molecule has 2 aromatic carbocycles. The van der Waals surface area contributed by atoms with Crippen LogP contribution < -0.4 is 0 Å². The maximum absolute atomic E-state index is 11.9. The minimum Gasteiger partial charge on any atom is -0.450 e. The number of benzene rings is 2. The smallest absolute Gasteiger partial charge is 0.409 e. The van der Waals surface area contributed by atoms with Gasteiger partial charge in [-0.05, 0) is 30.2 Å². The first-order valence-electron chi connectivity index (χ1n) is 8.65. The predicted octanol–water partition coefficient (Wildman–Crippen LogP) is 4.20. The summed E-state index contributed by atoms with van der Waals surface area (Å²) in [5.74, 6) is 0. The molecule has 4 nitrogen and oxygen atoms in total. The van der Waals surface area contributed by atoms with Crippen LogP contribution in [0.4, 0.5) is 4.79 Å². The molecule has 1 fully saturated rings. The van der Waals surface area contributed by atoms with E-state index in [2.05, 4.69) is 41.3 Å². The maximum Gasteiger partial charge on any atom is 0.409 e. The SMILES string of the molecule is CCOC(=O)N1CCN([C@H](c2ccccc2)c2ccc(Cl)cc2)CC1. The van der Waals surface area contributed by atoms with E-state index in [0.717, 1.165) is 18.1 Å². The molecule has 0 aliphatic carbocycles. The molecule has 0 bridgehead atoms. The van der Waals surface area contributed by atoms with Crippen LogP contribution in [-0.4, -0.2) is 48.7 Å². The van der Waals surface area contributed by atoms with E-state index in [1.165, 1.54) is 11.1 Å². The summed E-state index contributed by atoms with van der Waals surface area (Å²) in [5, 5.41) is 0.739. The fraction of sp³-hybridized carbons (Fsp3) is 0.350. The highest BCUT2D eigenvalue weighted by Gasteiger charge is 2.28. The summed E-state index contributed by atoms with van der Waals surface area (Å²) in [4.78, 5) is 16.1. The molecule has 0 spiro atoms. The van der Waals surface area contributed by atoms with Gasteiger partial charge in [0.05, 0.1) is 12.6 Å².